The minimum atomic E-state index is -0.673. The highest BCUT2D eigenvalue weighted by molar-refractivity contribution is 5.94. The van der Waals surface area contributed by atoms with Crippen LogP contribution in [0.5, 0.6) is 11.6 Å². The normalized spacial score (nSPS) is 22.8. The zero-order valence-electron chi connectivity index (χ0n) is 12.0. The van der Waals surface area contributed by atoms with Crippen molar-refractivity contribution in [1.82, 2.24) is 9.88 Å². The Morgan fingerprint density at radius 3 is 2.68 bits per heavy atom. The third-order valence-electron chi connectivity index (χ3n) is 3.80. The monoisotopic (exact) mass is 298 g/mol. The fourth-order valence-corrected chi connectivity index (χ4v) is 2.76. The third-order valence-corrected chi connectivity index (χ3v) is 3.80. The van der Waals surface area contributed by atoms with Crippen molar-refractivity contribution in [3.05, 3.63) is 29.5 Å². The summed E-state index contributed by atoms with van der Waals surface area (Å²) in [6.45, 7) is 0.893. The second-order valence-electron chi connectivity index (χ2n) is 5.18. The maximum Gasteiger partial charge on any atom is 0.337 e. The zero-order valence-corrected chi connectivity index (χ0v) is 12.0. The van der Waals surface area contributed by atoms with Crippen LogP contribution in [0.2, 0.25) is 0 Å². The molecule has 0 spiro atoms. The molecule has 0 aliphatic carbocycles. The van der Waals surface area contributed by atoms with Crippen LogP contribution in [0.3, 0.4) is 0 Å². The van der Waals surface area contributed by atoms with Gasteiger partial charge in [0.2, 0.25) is 5.88 Å². The quantitative estimate of drug-likeness (QED) is 0.573. The lowest BCUT2D eigenvalue weighted by molar-refractivity contribution is -0.131. The van der Waals surface area contributed by atoms with Crippen LogP contribution in [0.15, 0.2) is 18.3 Å². The molecule has 2 aliphatic heterocycles. The fraction of sp³-hybridized carbons (Fsp3) is 0.312. The molecule has 1 saturated heterocycles. The van der Waals surface area contributed by atoms with E-state index in [1.165, 1.54) is 6.20 Å². The van der Waals surface area contributed by atoms with Crippen molar-refractivity contribution in [2.24, 2.45) is 0 Å². The number of likely N-dealkylation sites (tertiary alicyclic amines) is 1. The molecular formula is C16H14N2O4. The summed E-state index contributed by atoms with van der Waals surface area (Å²) in [7, 11) is 1.95. The molecule has 1 fully saturated rings. The van der Waals surface area contributed by atoms with E-state index < -0.39 is 11.9 Å². The molecular weight excluding hydrogens is 284 g/mol. The van der Waals surface area contributed by atoms with Crippen LogP contribution < -0.4 is 9.47 Å². The van der Waals surface area contributed by atoms with Crippen molar-refractivity contribution in [3.8, 4) is 24.0 Å². The minimum absolute atomic E-state index is 0.0653. The summed E-state index contributed by atoms with van der Waals surface area (Å²) in [5.74, 6) is 1.50. The van der Waals surface area contributed by atoms with Gasteiger partial charge in [0.05, 0.1) is 17.3 Å². The predicted octanol–water partition coefficient (Wildman–Crippen LogP) is 1.21. The van der Waals surface area contributed by atoms with E-state index in [0.29, 0.717) is 11.1 Å². The minimum Gasteiger partial charge on any atom is -0.421 e. The number of nitrogens with zero attached hydrogens (tertiary/aromatic N) is 2. The molecule has 0 aromatic carbocycles. The first kappa shape index (κ1) is 14.3. The highest BCUT2D eigenvalue weighted by Crippen LogP contribution is 2.42. The fourth-order valence-electron chi connectivity index (χ4n) is 2.76. The van der Waals surface area contributed by atoms with Gasteiger partial charge < -0.3 is 9.47 Å². The Kier molecular flexibility index (Phi) is 3.65. The van der Waals surface area contributed by atoms with Crippen molar-refractivity contribution in [3.63, 3.8) is 0 Å². The topological polar surface area (TPSA) is 68.7 Å². The molecule has 1 unspecified atom stereocenters. The van der Waals surface area contributed by atoms with E-state index in [4.69, 9.17) is 15.9 Å². The standard InChI is InChI=1S/C16H14N2O4/c1-3-10-9-17-16-14(11-5-4-8-18(11)2)15(10)21-12(19)6-7-13(20)22-16/h1,6-7,9,11H,4-5,8H2,2H3/b7-6-. The number of terminal acetylenes is 1. The summed E-state index contributed by atoms with van der Waals surface area (Å²) >= 11 is 0. The van der Waals surface area contributed by atoms with Gasteiger partial charge in [-0.1, -0.05) is 5.92 Å². The van der Waals surface area contributed by atoms with Gasteiger partial charge in [0.25, 0.3) is 0 Å². The molecule has 6 heteroatoms. The lowest BCUT2D eigenvalue weighted by Gasteiger charge is -2.23. The number of ether oxygens (including phenoxy) is 2. The zero-order chi connectivity index (χ0) is 15.7. The first-order valence-electron chi connectivity index (χ1n) is 6.91. The average Bonchev–Trinajstić information content (AvgIpc) is 2.91. The summed E-state index contributed by atoms with van der Waals surface area (Å²) in [4.78, 5) is 29.8. The maximum atomic E-state index is 11.8. The Morgan fingerprint density at radius 2 is 2.05 bits per heavy atom. The molecule has 3 heterocycles. The smallest absolute Gasteiger partial charge is 0.337 e. The van der Waals surface area contributed by atoms with Crippen LogP contribution in [0, 0.1) is 12.3 Å². The van der Waals surface area contributed by atoms with Crippen molar-refractivity contribution in [2.75, 3.05) is 13.6 Å². The van der Waals surface area contributed by atoms with E-state index in [0.717, 1.165) is 31.5 Å². The Labute approximate surface area is 127 Å². The van der Waals surface area contributed by atoms with Gasteiger partial charge in [-0.2, -0.15) is 0 Å². The first-order chi connectivity index (χ1) is 10.6. The van der Waals surface area contributed by atoms with Crippen LogP contribution in [-0.2, 0) is 9.59 Å². The molecule has 2 aliphatic rings. The number of hydrogen-bond acceptors (Lipinski definition) is 6. The highest BCUT2D eigenvalue weighted by atomic mass is 16.6. The summed E-state index contributed by atoms with van der Waals surface area (Å²) in [6.07, 6.45) is 10.7. The SMILES string of the molecule is C#Cc1cnc2c(C3CCCN3C)c1OC(=O)/C=C\C(=O)O2. The van der Waals surface area contributed by atoms with Gasteiger partial charge in [-0.05, 0) is 26.4 Å². The first-order valence-corrected chi connectivity index (χ1v) is 6.91. The molecule has 22 heavy (non-hydrogen) atoms. The third kappa shape index (κ3) is 2.47. The number of aromatic nitrogens is 1. The lowest BCUT2D eigenvalue weighted by atomic mass is 10.0. The van der Waals surface area contributed by atoms with Gasteiger partial charge >= 0.3 is 11.9 Å². The van der Waals surface area contributed by atoms with Gasteiger partial charge in [-0.15, -0.1) is 6.42 Å². The van der Waals surface area contributed by atoms with Crippen molar-refractivity contribution < 1.29 is 19.1 Å². The summed E-state index contributed by atoms with van der Waals surface area (Å²) < 4.78 is 10.6. The molecule has 0 N–H and O–H groups in total. The Hall–Kier alpha value is -2.65. The molecule has 112 valence electrons. The number of fused-ring (bicyclic) bond motifs is 2. The lowest BCUT2D eigenvalue weighted by Crippen LogP contribution is -2.21. The van der Waals surface area contributed by atoms with Crippen LogP contribution >= 0.6 is 0 Å². The number of carbonyl (C=O) groups excluding carboxylic acids is 2. The number of rotatable bonds is 1. The molecule has 1 atom stereocenters. The van der Waals surface area contributed by atoms with E-state index in [1.54, 1.807) is 0 Å². The molecule has 2 bridgehead atoms. The summed E-state index contributed by atoms with van der Waals surface area (Å²) in [5.41, 5.74) is 0.916. The van der Waals surface area contributed by atoms with Crippen LogP contribution in [0.25, 0.3) is 0 Å². The van der Waals surface area contributed by atoms with E-state index in [-0.39, 0.29) is 17.7 Å². The van der Waals surface area contributed by atoms with Gasteiger partial charge in [-0.25, -0.2) is 14.6 Å². The summed E-state index contributed by atoms with van der Waals surface area (Å²) in [5, 5.41) is 0. The molecule has 0 amide bonds. The van der Waals surface area contributed by atoms with Crippen LogP contribution in [0.1, 0.15) is 30.0 Å². The second kappa shape index (κ2) is 5.62. The maximum absolute atomic E-state index is 11.8. The molecule has 1 aromatic rings. The largest absolute Gasteiger partial charge is 0.421 e. The Balaban J connectivity index is 2.22. The van der Waals surface area contributed by atoms with Gasteiger partial charge in [-0.3, -0.25) is 4.90 Å². The molecule has 6 nitrogen and oxygen atoms in total. The number of hydrogen-bond donors (Lipinski definition) is 0. The predicted molar refractivity (Wildman–Crippen MR) is 77.2 cm³/mol. The van der Waals surface area contributed by atoms with Crippen LogP contribution in [-0.4, -0.2) is 35.4 Å². The molecule has 1 aromatic heterocycles. The average molecular weight is 298 g/mol. The number of pyridine rings is 1. The van der Waals surface area contributed by atoms with Gasteiger partial charge in [0.15, 0.2) is 5.75 Å². The molecule has 3 rings (SSSR count). The number of esters is 2. The molecule has 0 radical (unpaired) electrons. The van der Waals surface area contributed by atoms with Crippen LogP contribution in [0.4, 0.5) is 0 Å². The highest BCUT2D eigenvalue weighted by Gasteiger charge is 2.33. The number of carbonyl (C=O) groups is 2. The molecule has 0 saturated carbocycles. The van der Waals surface area contributed by atoms with Gasteiger partial charge in [0.1, 0.15) is 0 Å². The van der Waals surface area contributed by atoms with Gasteiger partial charge in [0, 0.05) is 18.2 Å². The van der Waals surface area contributed by atoms with E-state index in [2.05, 4.69) is 15.8 Å². The summed E-state index contributed by atoms with van der Waals surface area (Å²) in [6, 6.07) is -0.0653. The Morgan fingerprint density at radius 1 is 1.32 bits per heavy atom. The van der Waals surface area contributed by atoms with E-state index in [1.807, 2.05) is 7.05 Å². The second-order valence-corrected chi connectivity index (χ2v) is 5.18. The van der Waals surface area contributed by atoms with Crippen molar-refractivity contribution in [1.29, 1.82) is 0 Å². The van der Waals surface area contributed by atoms with E-state index in [9.17, 15) is 9.59 Å². The van der Waals surface area contributed by atoms with Crippen molar-refractivity contribution in [2.45, 2.75) is 18.9 Å². The Bertz CT molecular complexity index is 718. The van der Waals surface area contributed by atoms with E-state index >= 15 is 0 Å². The van der Waals surface area contributed by atoms with Crippen molar-refractivity contribution >= 4 is 11.9 Å².